The van der Waals surface area contributed by atoms with E-state index in [1.54, 1.807) is 0 Å². The van der Waals surface area contributed by atoms with Gasteiger partial charge in [-0.1, -0.05) is 27.2 Å². The van der Waals surface area contributed by atoms with Gasteiger partial charge in [-0.15, -0.1) is 11.6 Å². The zero-order chi connectivity index (χ0) is 13.5. The Labute approximate surface area is 116 Å². The first-order chi connectivity index (χ1) is 8.56. The minimum Gasteiger partial charge on any atom is -0.360 e. The van der Waals surface area contributed by atoms with Gasteiger partial charge >= 0.3 is 0 Å². The fourth-order valence-electron chi connectivity index (χ4n) is 1.86. The third-order valence-corrected chi connectivity index (χ3v) is 3.33. The topological polar surface area (TPSA) is 16.1 Å². The van der Waals surface area contributed by atoms with E-state index in [0.29, 0.717) is 5.88 Å². The molecule has 0 aliphatic heterocycles. The fraction of sp³-hybridized carbons (Fsp3) is 0.667. The Hall–Kier alpha value is -0.760. The van der Waals surface area contributed by atoms with Crippen LogP contribution in [-0.4, -0.2) is 18.6 Å². The Kier molecular flexibility index (Phi) is 6.48. The van der Waals surface area contributed by atoms with Crippen molar-refractivity contribution in [3.05, 3.63) is 23.4 Å². The molecule has 0 spiro atoms. The Morgan fingerprint density at radius 1 is 1.33 bits per heavy atom. The maximum absolute atomic E-state index is 5.96. The third-order valence-electron chi connectivity index (χ3n) is 3.02. The normalized spacial score (nSPS) is 11.0. The van der Waals surface area contributed by atoms with Crippen LogP contribution in [0.25, 0.3) is 0 Å². The average molecular weight is 269 g/mol. The summed E-state index contributed by atoms with van der Waals surface area (Å²) < 4.78 is 0. The maximum atomic E-state index is 5.96. The monoisotopic (exact) mass is 268 g/mol. The molecule has 0 saturated heterocycles. The molecule has 0 N–H and O–H groups in total. The highest BCUT2D eigenvalue weighted by molar-refractivity contribution is 6.17. The molecule has 0 unspecified atom stereocenters. The molecule has 3 heteroatoms. The zero-order valence-electron chi connectivity index (χ0n) is 12.0. The largest absolute Gasteiger partial charge is 0.360 e. The van der Waals surface area contributed by atoms with E-state index in [4.69, 9.17) is 16.6 Å². The number of hydrogen-bond acceptors (Lipinski definition) is 2. The summed E-state index contributed by atoms with van der Waals surface area (Å²) in [6, 6.07) is 4.22. The van der Waals surface area contributed by atoms with Crippen molar-refractivity contribution in [1.29, 1.82) is 0 Å². The lowest BCUT2D eigenvalue weighted by atomic mass is 10.1. The van der Waals surface area contributed by atoms with Crippen molar-refractivity contribution in [2.45, 2.75) is 45.9 Å². The minimum absolute atomic E-state index is 0.560. The molecule has 1 heterocycles. The predicted octanol–water partition coefficient (Wildman–Crippen LogP) is 4.26. The molecule has 1 rings (SSSR count). The second kappa shape index (κ2) is 7.63. The molecule has 1 aromatic heterocycles. The van der Waals surface area contributed by atoms with Crippen LogP contribution in [0.5, 0.6) is 0 Å². The van der Waals surface area contributed by atoms with Gasteiger partial charge in [-0.3, -0.25) is 0 Å². The number of halogens is 1. The zero-order valence-corrected chi connectivity index (χ0v) is 12.8. The van der Waals surface area contributed by atoms with E-state index in [0.717, 1.165) is 36.8 Å². The maximum Gasteiger partial charge on any atom is 0.128 e. The Bertz CT molecular complexity index is 364. The molecule has 0 atom stereocenters. The summed E-state index contributed by atoms with van der Waals surface area (Å²) in [7, 11) is 2.11. The summed E-state index contributed by atoms with van der Waals surface area (Å²) >= 11 is 5.96. The summed E-state index contributed by atoms with van der Waals surface area (Å²) in [5, 5.41) is 0. The van der Waals surface area contributed by atoms with Crippen LogP contribution in [0.1, 0.15) is 44.9 Å². The van der Waals surface area contributed by atoms with Crippen LogP contribution in [-0.2, 0) is 12.3 Å². The van der Waals surface area contributed by atoms with Gasteiger partial charge in [0, 0.05) is 25.2 Å². The van der Waals surface area contributed by atoms with E-state index in [2.05, 4.69) is 44.9 Å². The van der Waals surface area contributed by atoms with E-state index in [1.807, 2.05) is 0 Å². The Morgan fingerprint density at radius 2 is 2.06 bits per heavy atom. The van der Waals surface area contributed by atoms with Crippen molar-refractivity contribution in [2.24, 2.45) is 5.92 Å². The molecular formula is C15H25ClN2. The highest BCUT2D eigenvalue weighted by atomic mass is 35.5. The van der Waals surface area contributed by atoms with E-state index in [9.17, 15) is 0 Å². The third kappa shape index (κ3) is 4.85. The first-order valence-corrected chi connectivity index (χ1v) is 7.37. The molecule has 1 aromatic rings. The fourth-order valence-corrected chi connectivity index (χ4v) is 2.01. The molecule has 18 heavy (non-hydrogen) atoms. The first kappa shape index (κ1) is 15.3. The molecular weight excluding hydrogens is 244 g/mol. The number of hydrogen-bond donors (Lipinski definition) is 0. The van der Waals surface area contributed by atoms with Crippen LogP contribution in [0.2, 0.25) is 0 Å². The molecule has 0 radical (unpaired) electrons. The molecule has 2 nitrogen and oxygen atoms in total. The van der Waals surface area contributed by atoms with E-state index in [1.165, 1.54) is 12.0 Å². The standard InChI is InChI=1S/C15H25ClN2/c1-5-6-14-9-13(11-16)10-15(17-14)18(4)8-7-12(2)3/h9-10,12H,5-8,11H2,1-4H3. The summed E-state index contributed by atoms with van der Waals surface area (Å²) in [5.74, 6) is 2.33. The second-order valence-corrected chi connectivity index (χ2v) is 5.58. The number of nitrogens with zero attached hydrogens (tertiary/aromatic N) is 2. The van der Waals surface area contributed by atoms with Gasteiger partial charge in [-0.25, -0.2) is 4.98 Å². The second-order valence-electron chi connectivity index (χ2n) is 5.31. The number of pyridine rings is 1. The van der Waals surface area contributed by atoms with Gasteiger partial charge < -0.3 is 4.90 Å². The van der Waals surface area contributed by atoms with Crippen LogP contribution in [0, 0.1) is 5.92 Å². The number of rotatable bonds is 7. The van der Waals surface area contributed by atoms with Crippen LogP contribution in [0.3, 0.4) is 0 Å². The van der Waals surface area contributed by atoms with Crippen molar-refractivity contribution in [2.75, 3.05) is 18.5 Å². The van der Waals surface area contributed by atoms with Crippen molar-refractivity contribution >= 4 is 17.4 Å². The number of aryl methyl sites for hydroxylation is 1. The lowest BCUT2D eigenvalue weighted by Gasteiger charge is -2.20. The molecule has 0 aliphatic carbocycles. The summed E-state index contributed by atoms with van der Waals surface area (Å²) in [5.41, 5.74) is 2.32. The Balaban J connectivity index is 2.82. The van der Waals surface area contributed by atoms with E-state index >= 15 is 0 Å². The van der Waals surface area contributed by atoms with E-state index in [-0.39, 0.29) is 0 Å². The van der Waals surface area contributed by atoms with Crippen LogP contribution < -0.4 is 4.90 Å². The molecule has 0 saturated carbocycles. The number of aromatic nitrogens is 1. The summed E-state index contributed by atoms with van der Waals surface area (Å²) in [4.78, 5) is 6.95. The highest BCUT2D eigenvalue weighted by Gasteiger charge is 2.07. The number of alkyl halides is 1. The van der Waals surface area contributed by atoms with Gasteiger partial charge in [-0.2, -0.15) is 0 Å². The van der Waals surface area contributed by atoms with Crippen molar-refractivity contribution in [1.82, 2.24) is 4.98 Å². The molecule has 0 bridgehead atoms. The van der Waals surface area contributed by atoms with Gasteiger partial charge in [-0.05, 0) is 36.5 Å². The lowest BCUT2D eigenvalue weighted by Crippen LogP contribution is -2.21. The summed E-state index contributed by atoms with van der Waals surface area (Å²) in [6.07, 6.45) is 3.33. The van der Waals surface area contributed by atoms with Gasteiger partial charge in [0.2, 0.25) is 0 Å². The minimum atomic E-state index is 0.560. The van der Waals surface area contributed by atoms with Crippen LogP contribution >= 0.6 is 11.6 Å². The summed E-state index contributed by atoms with van der Waals surface area (Å²) in [6.45, 7) is 7.72. The molecule has 0 fully saturated rings. The Morgan fingerprint density at radius 3 is 2.61 bits per heavy atom. The van der Waals surface area contributed by atoms with Gasteiger partial charge in [0.05, 0.1) is 0 Å². The molecule has 0 aliphatic rings. The van der Waals surface area contributed by atoms with Crippen LogP contribution in [0.15, 0.2) is 12.1 Å². The van der Waals surface area contributed by atoms with Gasteiger partial charge in [0.15, 0.2) is 0 Å². The lowest BCUT2D eigenvalue weighted by molar-refractivity contribution is 0.583. The molecule has 0 amide bonds. The van der Waals surface area contributed by atoms with Crippen LogP contribution in [0.4, 0.5) is 5.82 Å². The predicted molar refractivity (Wildman–Crippen MR) is 80.5 cm³/mol. The average Bonchev–Trinajstić information content (AvgIpc) is 2.35. The molecule has 102 valence electrons. The van der Waals surface area contributed by atoms with Crippen molar-refractivity contribution in [3.8, 4) is 0 Å². The van der Waals surface area contributed by atoms with Gasteiger partial charge in [0.25, 0.3) is 0 Å². The van der Waals surface area contributed by atoms with Crippen molar-refractivity contribution < 1.29 is 0 Å². The first-order valence-electron chi connectivity index (χ1n) is 6.83. The quantitative estimate of drug-likeness (QED) is 0.687. The van der Waals surface area contributed by atoms with Gasteiger partial charge in [0.1, 0.15) is 5.82 Å². The highest BCUT2D eigenvalue weighted by Crippen LogP contribution is 2.17. The van der Waals surface area contributed by atoms with Crippen molar-refractivity contribution in [3.63, 3.8) is 0 Å². The number of anilines is 1. The smallest absolute Gasteiger partial charge is 0.128 e. The molecule has 0 aromatic carbocycles. The van der Waals surface area contributed by atoms with E-state index < -0.39 is 0 Å². The SMILES string of the molecule is CCCc1cc(CCl)cc(N(C)CCC(C)C)n1.